The number of halogens is 1. The molecular weight excluding hydrogens is 322 g/mol. The van der Waals surface area contributed by atoms with Crippen LogP contribution in [0.1, 0.15) is 61.3 Å². The molecule has 0 saturated heterocycles. The van der Waals surface area contributed by atoms with Crippen molar-refractivity contribution < 1.29 is 4.79 Å². The monoisotopic (exact) mass is 345 g/mol. The maximum atomic E-state index is 12.8. The van der Waals surface area contributed by atoms with Gasteiger partial charge in [-0.15, -0.1) is 0 Å². The van der Waals surface area contributed by atoms with Crippen LogP contribution in [0.4, 0.5) is 0 Å². The fraction of sp³-hybridized carbons (Fsp3) is 0.474. The van der Waals surface area contributed by atoms with Crippen LogP contribution in [-0.2, 0) is 12.8 Å². The summed E-state index contributed by atoms with van der Waals surface area (Å²) in [5.41, 5.74) is 3.63. The van der Waals surface area contributed by atoms with Crippen molar-refractivity contribution in [2.45, 2.75) is 58.4 Å². The van der Waals surface area contributed by atoms with E-state index in [-0.39, 0.29) is 5.91 Å². The largest absolute Gasteiger partial charge is 0.349 e. The summed E-state index contributed by atoms with van der Waals surface area (Å²) in [5.74, 6) is 0.0320. The predicted molar refractivity (Wildman–Crippen MR) is 97.1 cm³/mol. The van der Waals surface area contributed by atoms with Crippen LogP contribution in [-0.4, -0.2) is 21.7 Å². The molecule has 128 valence electrons. The normalized spacial score (nSPS) is 14.0. The van der Waals surface area contributed by atoms with Gasteiger partial charge in [0.25, 0.3) is 5.91 Å². The van der Waals surface area contributed by atoms with Crippen LogP contribution < -0.4 is 5.32 Å². The second-order valence-electron chi connectivity index (χ2n) is 6.40. The minimum atomic E-state index is 0.0320. The first-order valence-corrected chi connectivity index (χ1v) is 9.19. The molecule has 3 rings (SSSR count). The molecule has 4 nitrogen and oxygen atoms in total. The van der Waals surface area contributed by atoms with Crippen molar-refractivity contribution in [3.05, 3.63) is 46.2 Å². The van der Waals surface area contributed by atoms with Crippen LogP contribution >= 0.6 is 11.6 Å². The molecule has 1 aromatic carbocycles. The highest BCUT2D eigenvalue weighted by atomic mass is 35.5. The van der Waals surface area contributed by atoms with Crippen molar-refractivity contribution in [2.24, 2.45) is 0 Å². The second-order valence-corrected chi connectivity index (χ2v) is 6.84. The molecule has 1 amide bonds. The maximum absolute atomic E-state index is 12.8. The minimum Gasteiger partial charge on any atom is -0.349 e. The lowest BCUT2D eigenvalue weighted by atomic mass is 10.1. The Labute approximate surface area is 148 Å². The smallest absolute Gasteiger partial charge is 0.255 e. The van der Waals surface area contributed by atoms with Gasteiger partial charge in [-0.1, -0.05) is 38.3 Å². The third kappa shape index (κ3) is 3.64. The lowest BCUT2D eigenvalue weighted by Gasteiger charge is -2.09. The third-order valence-corrected chi connectivity index (χ3v) is 4.49. The summed E-state index contributed by atoms with van der Waals surface area (Å²) in [6, 6.07) is 7.97. The van der Waals surface area contributed by atoms with Crippen molar-refractivity contribution in [1.82, 2.24) is 15.1 Å². The topological polar surface area (TPSA) is 46.9 Å². The first-order valence-electron chi connectivity index (χ1n) is 8.81. The van der Waals surface area contributed by atoms with Crippen molar-refractivity contribution in [1.29, 1.82) is 0 Å². The SMILES string of the molecule is CCCc1nn(-c2ccc(Cl)cc2)c(CCC)c1C(=O)NC1CC1. The maximum Gasteiger partial charge on any atom is 0.255 e. The van der Waals surface area contributed by atoms with E-state index in [0.717, 1.165) is 61.2 Å². The van der Waals surface area contributed by atoms with E-state index in [0.29, 0.717) is 11.1 Å². The van der Waals surface area contributed by atoms with Gasteiger partial charge in [0.1, 0.15) is 0 Å². The van der Waals surface area contributed by atoms with Gasteiger partial charge in [-0.2, -0.15) is 5.10 Å². The van der Waals surface area contributed by atoms with Crippen molar-refractivity contribution in [3.63, 3.8) is 0 Å². The molecule has 0 radical (unpaired) electrons. The Morgan fingerprint density at radius 1 is 1.21 bits per heavy atom. The van der Waals surface area contributed by atoms with E-state index in [1.165, 1.54) is 0 Å². The third-order valence-electron chi connectivity index (χ3n) is 4.24. The van der Waals surface area contributed by atoms with Gasteiger partial charge in [-0.05, 0) is 49.9 Å². The number of hydrogen-bond acceptors (Lipinski definition) is 2. The molecule has 0 atom stereocenters. The Kier molecular flexibility index (Phi) is 5.24. The first-order chi connectivity index (χ1) is 11.6. The standard InChI is InChI=1S/C19H24ClN3O/c1-3-5-16-18(19(24)21-14-9-10-14)17(6-4-2)23(22-16)15-11-7-13(20)8-12-15/h7-8,11-12,14H,3-6,9-10H2,1-2H3,(H,21,24). The zero-order valence-electron chi connectivity index (χ0n) is 14.3. The molecular formula is C19H24ClN3O. The highest BCUT2D eigenvalue weighted by Crippen LogP contribution is 2.25. The number of aromatic nitrogens is 2. The summed E-state index contributed by atoms with van der Waals surface area (Å²) < 4.78 is 1.92. The number of rotatable bonds is 7. The van der Waals surface area contributed by atoms with Gasteiger partial charge in [-0.3, -0.25) is 4.79 Å². The van der Waals surface area contributed by atoms with E-state index in [4.69, 9.17) is 16.7 Å². The zero-order chi connectivity index (χ0) is 17.1. The molecule has 0 unspecified atom stereocenters. The molecule has 1 aromatic heterocycles. The minimum absolute atomic E-state index is 0.0320. The van der Waals surface area contributed by atoms with E-state index in [1.54, 1.807) is 0 Å². The summed E-state index contributed by atoms with van der Waals surface area (Å²) in [4.78, 5) is 12.8. The number of carbonyl (C=O) groups is 1. The molecule has 1 heterocycles. The summed E-state index contributed by atoms with van der Waals surface area (Å²) >= 11 is 6.01. The lowest BCUT2D eigenvalue weighted by molar-refractivity contribution is 0.0949. The Hall–Kier alpha value is -1.81. The van der Waals surface area contributed by atoms with Crippen LogP contribution in [0.25, 0.3) is 5.69 Å². The van der Waals surface area contributed by atoms with Crippen LogP contribution in [0.15, 0.2) is 24.3 Å². The van der Waals surface area contributed by atoms with E-state index in [9.17, 15) is 4.79 Å². The molecule has 0 aliphatic heterocycles. The Balaban J connectivity index is 2.06. The molecule has 5 heteroatoms. The van der Waals surface area contributed by atoms with Crippen LogP contribution in [0, 0.1) is 0 Å². The number of hydrogen-bond donors (Lipinski definition) is 1. The summed E-state index contributed by atoms with van der Waals surface area (Å²) in [7, 11) is 0. The highest BCUT2D eigenvalue weighted by molar-refractivity contribution is 6.30. The van der Waals surface area contributed by atoms with Gasteiger partial charge in [0.2, 0.25) is 0 Å². The van der Waals surface area contributed by atoms with Gasteiger partial charge < -0.3 is 5.32 Å². The molecule has 0 spiro atoms. The number of benzene rings is 1. The quantitative estimate of drug-likeness (QED) is 0.812. The van der Waals surface area contributed by atoms with Crippen molar-refractivity contribution in [3.8, 4) is 5.69 Å². The van der Waals surface area contributed by atoms with Gasteiger partial charge in [0.15, 0.2) is 0 Å². The average Bonchev–Trinajstić information content (AvgIpc) is 3.30. The molecule has 1 aliphatic rings. The summed E-state index contributed by atoms with van der Waals surface area (Å²) in [6.07, 6.45) is 5.74. The average molecular weight is 346 g/mol. The molecule has 2 aromatic rings. The fourth-order valence-electron chi connectivity index (χ4n) is 2.93. The lowest BCUT2D eigenvalue weighted by Crippen LogP contribution is -2.27. The van der Waals surface area contributed by atoms with Gasteiger partial charge >= 0.3 is 0 Å². The van der Waals surface area contributed by atoms with Gasteiger partial charge in [0.05, 0.1) is 22.6 Å². The Morgan fingerprint density at radius 2 is 1.88 bits per heavy atom. The van der Waals surface area contributed by atoms with Crippen LogP contribution in [0.3, 0.4) is 0 Å². The Morgan fingerprint density at radius 3 is 2.46 bits per heavy atom. The number of aryl methyl sites for hydroxylation is 1. The predicted octanol–water partition coefficient (Wildman–Crippen LogP) is 4.32. The van der Waals surface area contributed by atoms with E-state index in [1.807, 2.05) is 28.9 Å². The number of carbonyl (C=O) groups excluding carboxylic acids is 1. The van der Waals surface area contributed by atoms with E-state index >= 15 is 0 Å². The number of nitrogens with zero attached hydrogens (tertiary/aromatic N) is 2. The van der Waals surface area contributed by atoms with Crippen molar-refractivity contribution in [2.75, 3.05) is 0 Å². The Bertz CT molecular complexity index is 717. The van der Waals surface area contributed by atoms with Crippen LogP contribution in [0.5, 0.6) is 0 Å². The highest BCUT2D eigenvalue weighted by Gasteiger charge is 2.29. The molecule has 1 saturated carbocycles. The number of amides is 1. The molecule has 1 fully saturated rings. The van der Waals surface area contributed by atoms with Crippen molar-refractivity contribution >= 4 is 17.5 Å². The molecule has 1 N–H and O–H groups in total. The molecule has 24 heavy (non-hydrogen) atoms. The summed E-state index contributed by atoms with van der Waals surface area (Å²) in [5, 5.41) is 8.61. The zero-order valence-corrected chi connectivity index (χ0v) is 15.1. The number of nitrogens with one attached hydrogen (secondary N) is 1. The van der Waals surface area contributed by atoms with Crippen LogP contribution in [0.2, 0.25) is 5.02 Å². The van der Waals surface area contributed by atoms with Gasteiger partial charge in [-0.25, -0.2) is 4.68 Å². The fourth-order valence-corrected chi connectivity index (χ4v) is 3.05. The van der Waals surface area contributed by atoms with E-state index in [2.05, 4.69) is 19.2 Å². The molecule has 0 bridgehead atoms. The first kappa shape index (κ1) is 17.0. The molecule has 1 aliphatic carbocycles. The van der Waals surface area contributed by atoms with E-state index < -0.39 is 0 Å². The second kappa shape index (κ2) is 7.39. The van der Waals surface area contributed by atoms with Gasteiger partial charge in [0, 0.05) is 11.1 Å². The summed E-state index contributed by atoms with van der Waals surface area (Å²) in [6.45, 7) is 4.24.